The van der Waals surface area contributed by atoms with Crippen molar-refractivity contribution in [3.8, 4) is 0 Å². The third-order valence-corrected chi connectivity index (χ3v) is 3.11. The zero-order valence-electron chi connectivity index (χ0n) is 9.14. The molecule has 5 nitrogen and oxygen atoms in total. The van der Waals surface area contributed by atoms with Gasteiger partial charge in [0.15, 0.2) is 0 Å². The van der Waals surface area contributed by atoms with Crippen LogP contribution in [0, 0.1) is 0 Å². The van der Waals surface area contributed by atoms with Gasteiger partial charge in [0, 0.05) is 11.0 Å². The predicted molar refractivity (Wildman–Crippen MR) is 56.1 cm³/mol. The molecule has 16 heavy (non-hydrogen) atoms. The molecule has 1 aliphatic rings. The summed E-state index contributed by atoms with van der Waals surface area (Å²) in [5.41, 5.74) is 2.66. The number of hydrogen-bond donors (Lipinski definition) is 3. The quantitative estimate of drug-likeness (QED) is 0.491. The molecule has 86 valence electrons. The van der Waals surface area contributed by atoms with Gasteiger partial charge in [-0.2, -0.15) is 10.5 Å². The highest BCUT2D eigenvalue weighted by Crippen LogP contribution is 2.35. The smallest absolute Gasteiger partial charge is 0.279 e. The van der Waals surface area contributed by atoms with E-state index in [0.29, 0.717) is 10.6 Å². The van der Waals surface area contributed by atoms with Crippen molar-refractivity contribution in [2.75, 3.05) is 0 Å². The van der Waals surface area contributed by atoms with Crippen LogP contribution in [0.25, 0.3) is 0 Å². The van der Waals surface area contributed by atoms with Crippen LogP contribution in [0.2, 0.25) is 0 Å². The summed E-state index contributed by atoms with van der Waals surface area (Å²) in [6, 6.07) is 7.06. The minimum Gasteiger partial charge on any atom is -0.315 e. The van der Waals surface area contributed by atoms with Crippen LogP contribution in [-0.4, -0.2) is 27.6 Å². The van der Waals surface area contributed by atoms with Crippen molar-refractivity contribution < 1.29 is 15.2 Å². The Morgan fingerprint density at radius 1 is 1.38 bits per heavy atom. The number of amides is 1. The molecule has 0 aliphatic carbocycles. The molecule has 5 heteroatoms. The first kappa shape index (κ1) is 11.1. The molecule has 0 bridgehead atoms. The van der Waals surface area contributed by atoms with Crippen LogP contribution in [0.15, 0.2) is 24.3 Å². The Balaban J connectivity index is 2.63. The van der Waals surface area contributed by atoms with E-state index in [0.717, 1.165) is 5.56 Å². The normalized spacial score (nSPS) is 23.1. The largest absolute Gasteiger partial charge is 0.315 e. The molecule has 1 unspecified atom stereocenters. The Morgan fingerprint density at radius 2 is 2.00 bits per heavy atom. The summed E-state index contributed by atoms with van der Waals surface area (Å²) in [6.45, 7) is 3.69. The number of hydroxylamine groups is 3. The summed E-state index contributed by atoms with van der Waals surface area (Å²) in [5.74, 6) is -0.513. The second kappa shape index (κ2) is 3.55. The average molecular weight is 222 g/mol. The predicted octanol–water partition coefficient (Wildman–Crippen LogP) is 1.11. The summed E-state index contributed by atoms with van der Waals surface area (Å²) >= 11 is 0. The van der Waals surface area contributed by atoms with Gasteiger partial charge in [-0.15, -0.1) is 0 Å². The fourth-order valence-electron chi connectivity index (χ4n) is 2.14. The van der Waals surface area contributed by atoms with E-state index < -0.39 is 17.5 Å². The molecule has 0 fully saturated rings. The molecule has 0 aromatic heterocycles. The van der Waals surface area contributed by atoms with E-state index >= 15 is 0 Å². The third-order valence-electron chi connectivity index (χ3n) is 3.11. The number of nitrogens with zero attached hydrogens (tertiary/aromatic N) is 1. The standard InChI is InChI=1S/C11H14N2O3/c1-11(2)8-6-4-3-5-7(8)9(14)13(16)10(11)12-15/h3-6,10,12,15-16H,1-2H3. The maximum absolute atomic E-state index is 11.8. The lowest BCUT2D eigenvalue weighted by atomic mass is 9.76. The van der Waals surface area contributed by atoms with Crippen LogP contribution < -0.4 is 5.48 Å². The van der Waals surface area contributed by atoms with E-state index in [1.54, 1.807) is 12.1 Å². The maximum Gasteiger partial charge on any atom is 0.279 e. The van der Waals surface area contributed by atoms with Gasteiger partial charge in [0.25, 0.3) is 5.91 Å². The van der Waals surface area contributed by atoms with Crippen LogP contribution in [-0.2, 0) is 5.41 Å². The summed E-state index contributed by atoms with van der Waals surface area (Å²) in [5, 5.41) is 19.2. The minimum atomic E-state index is -0.852. The number of rotatable bonds is 1. The molecule has 1 aromatic carbocycles. The molecule has 1 heterocycles. The number of benzene rings is 1. The van der Waals surface area contributed by atoms with E-state index in [2.05, 4.69) is 0 Å². The first-order valence-electron chi connectivity index (χ1n) is 5.01. The lowest BCUT2D eigenvalue weighted by Gasteiger charge is -2.42. The van der Waals surface area contributed by atoms with Gasteiger partial charge in [-0.3, -0.25) is 10.0 Å². The molecule has 0 saturated carbocycles. The van der Waals surface area contributed by atoms with E-state index in [4.69, 9.17) is 5.21 Å². The molecule has 3 N–H and O–H groups in total. The van der Waals surface area contributed by atoms with E-state index in [1.807, 2.05) is 31.5 Å². The van der Waals surface area contributed by atoms with Gasteiger partial charge in [0.2, 0.25) is 0 Å². The van der Waals surface area contributed by atoms with Crippen molar-refractivity contribution >= 4 is 5.91 Å². The Morgan fingerprint density at radius 3 is 2.62 bits per heavy atom. The van der Waals surface area contributed by atoms with Crippen molar-refractivity contribution in [1.29, 1.82) is 0 Å². The highest BCUT2D eigenvalue weighted by Gasteiger charge is 2.44. The maximum atomic E-state index is 11.8. The van der Waals surface area contributed by atoms with Crippen LogP contribution in [0.3, 0.4) is 0 Å². The fourth-order valence-corrected chi connectivity index (χ4v) is 2.14. The summed E-state index contributed by atoms with van der Waals surface area (Å²) in [4.78, 5) is 11.8. The first-order valence-corrected chi connectivity index (χ1v) is 5.01. The summed E-state index contributed by atoms with van der Waals surface area (Å²) < 4.78 is 0. The molecule has 1 aromatic rings. The van der Waals surface area contributed by atoms with Gasteiger partial charge < -0.3 is 5.21 Å². The zero-order chi connectivity index (χ0) is 11.9. The van der Waals surface area contributed by atoms with Gasteiger partial charge in [0.1, 0.15) is 6.17 Å². The first-order chi connectivity index (χ1) is 7.50. The van der Waals surface area contributed by atoms with Crippen molar-refractivity contribution in [1.82, 2.24) is 10.5 Å². The molecular weight excluding hydrogens is 208 g/mol. The van der Waals surface area contributed by atoms with Crippen molar-refractivity contribution in [2.24, 2.45) is 0 Å². The van der Waals surface area contributed by atoms with Crippen molar-refractivity contribution in [3.63, 3.8) is 0 Å². The Hall–Kier alpha value is -1.43. The number of carbonyl (C=O) groups is 1. The Labute approximate surface area is 93.2 Å². The van der Waals surface area contributed by atoms with E-state index in [-0.39, 0.29) is 0 Å². The van der Waals surface area contributed by atoms with Crippen LogP contribution in [0.1, 0.15) is 29.8 Å². The highest BCUT2D eigenvalue weighted by molar-refractivity contribution is 5.96. The average Bonchev–Trinajstić information content (AvgIpc) is 2.27. The van der Waals surface area contributed by atoms with Gasteiger partial charge in [-0.05, 0) is 11.6 Å². The summed E-state index contributed by atoms with van der Waals surface area (Å²) in [7, 11) is 0. The molecule has 0 saturated heterocycles. The number of fused-ring (bicyclic) bond motifs is 1. The van der Waals surface area contributed by atoms with Gasteiger partial charge >= 0.3 is 0 Å². The number of carbonyl (C=O) groups excluding carboxylic acids is 1. The molecule has 1 amide bonds. The van der Waals surface area contributed by atoms with Gasteiger partial charge in [0.05, 0.1) is 0 Å². The lowest BCUT2D eigenvalue weighted by Crippen LogP contribution is -2.59. The highest BCUT2D eigenvalue weighted by atomic mass is 16.5. The number of nitrogens with one attached hydrogen (secondary N) is 1. The fraction of sp³-hybridized carbons (Fsp3) is 0.364. The Bertz CT molecular complexity index is 431. The second-order valence-corrected chi connectivity index (χ2v) is 4.45. The molecule has 2 rings (SSSR count). The molecular formula is C11H14N2O3. The topological polar surface area (TPSA) is 72.8 Å². The van der Waals surface area contributed by atoms with Crippen LogP contribution in [0.5, 0.6) is 0 Å². The number of hydrogen-bond acceptors (Lipinski definition) is 4. The zero-order valence-corrected chi connectivity index (χ0v) is 9.14. The van der Waals surface area contributed by atoms with Crippen LogP contribution in [0.4, 0.5) is 0 Å². The molecule has 0 radical (unpaired) electrons. The van der Waals surface area contributed by atoms with Crippen LogP contribution >= 0.6 is 0 Å². The van der Waals surface area contributed by atoms with Gasteiger partial charge in [-0.1, -0.05) is 32.0 Å². The molecule has 1 atom stereocenters. The Kier molecular flexibility index (Phi) is 2.46. The third kappa shape index (κ3) is 1.33. The van der Waals surface area contributed by atoms with Gasteiger partial charge in [-0.25, -0.2) is 0 Å². The summed E-state index contributed by atoms with van der Waals surface area (Å²) in [6.07, 6.45) is -0.852. The van der Waals surface area contributed by atoms with Crippen molar-refractivity contribution in [2.45, 2.75) is 25.4 Å². The monoisotopic (exact) mass is 222 g/mol. The van der Waals surface area contributed by atoms with Crippen molar-refractivity contribution in [3.05, 3.63) is 35.4 Å². The lowest BCUT2D eigenvalue weighted by molar-refractivity contribution is -0.150. The SMILES string of the molecule is CC1(C)c2ccccc2C(=O)N(O)C1NO. The van der Waals surface area contributed by atoms with E-state index in [9.17, 15) is 10.0 Å². The molecule has 0 spiro atoms. The minimum absolute atomic E-state index is 0.460. The van der Waals surface area contributed by atoms with E-state index in [1.165, 1.54) is 0 Å². The second-order valence-electron chi connectivity index (χ2n) is 4.45. The molecule has 1 aliphatic heterocycles.